The molecule has 0 radical (unpaired) electrons. The van der Waals surface area contributed by atoms with Crippen molar-refractivity contribution in [3.05, 3.63) is 0 Å². The molecule has 1 N–H and O–H groups in total. The van der Waals surface area contributed by atoms with E-state index in [4.69, 9.17) is 11.6 Å². The van der Waals surface area contributed by atoms with Crippen molar-refractivity contribution in [2.75, 3.05) is 26.0 Å². The summed E-state index contributed by atoms with van der Waals surface area (Å²) in [5.74, 6) is -0.274. The number of carbonyl (C=O) groups is 2. The van der Waals surface area contributed by atoms with Gasteiger partial charge in [-0.2, -0.15) is 0 Å². The van der Waals surface area contributed by atoms with Gasteiger partial charge in [0.2, 0.25) is 11.8 Å². The molecule has 0 unspecified atom stereocenters. The fraction of sp³-hybridized carbons (Fsp3) is 0.750. The van der Waals surface area contributed by atoms with Crippen LogP contribution in [-0.2, 0) is 9.59 Å². The highest BCUT2D eigenvalue weighted by molar-refractivity contribution is 6.27. The second-order valence-electron chi connectivity index (χ2n) is 2.64. The highest BCUT2D eigenvalue weighted by Crippen LogP contribution is 1.88. The predicted molar refractivity (Wildman–Crippen MR) is 51.7 cm³/mol. The van der Waals surface area contributed by atoms with Crippen LogP contribution in [0, 0.1) is 0 Å². The minimum atomic E-state index is -0.242. The number of nitrogens with zero attached hydrogens (tertiary/aromatic N) is 1. The first-order valence-corrected chi connectivity index (χ1v) is 4.71. The molecule has 0 fully saturated rings. The maximum Gasteiger partial charge on any atom is 0.234 e. The number of hydrogen-bond acceptors (Lipinski definition) is 2. The fourth-order valence-corrected chi connectivity index (χ4v) is 0.818. The summed E-state index contributed by atoms with van der Waals surface area (Å²) in [4.78, 5) is 23.5. The minimum Gasteiger partial charge on any atom is -0.355 e. The Bertz CT molecular complexity index is 185. The summed E-state index contributed by atoms with van der Waals surface area (Å²) >= 11 is 5.25. The van der Waals surface area contributed by atoms with E-state index in [0.29, 0.717) is 19.5 Å². The molecule has 0 heterocycles. The van der Waals surface area contributed by atoms with Gasteiger partial charge in [-0.05, 0) is 6.92 Å². The molecule has 0 saturated heterocycles. The zero-order valence-corrected chi connectivity index (χ0v) is 8.73. The quantitative estimate of drug-likeness (QED) is 0.654. The molecule has 0 aromatic carbocycles. The molecule has 4 nitrogen and oxygen atoms in total. The van der Waals surface area contributed by atoms with E-state index in [-0.39, 0.29) is 17.7 Å². The maximum atomic E-state index is 11.2. The SMILES string of the molecule is CCN(C)C(=O)CCNC(=O)CCl. The fourth-order valence-electron chi connectivity index (χ4n) is 0.723. The van der Waals surface area contributed by atoms with Gasteiger partial charge in [-0.15, -0.1) is 11.6 Å². The van der Waals surface area contributed by atoms with E-state index < -0.39 is 0 Å². The van der Waals surface area contributed by atoms with Crippen LogP contribution in [0.4, 0.5) is 0 Å². The molecule has 76 valence electrons. The smallest absolute Gasteiger partial charge is 0.234 e. The Labute approximate surface area is 83.2 Å². The molecule has 0 aromatic heterocycles. The lowest BCUT2D eigenvalue weighted by atomic mass is 10.3. The number of rotatable bonds is 5. The number of nitrogens with one attached hydrogen (secondary N) is 1. The van der Waals surface area contributed by atoms with Crippen LogP contribution in [0.3, 0.4) is 0 Å². The van der Waals surface area contributed by atoms with E-state index in [0.717, 1.165) is 0 Å². The molecular formula is C8H15ClN2O2. The normalized spacial score (nSPS) is 9.46. The molecule has 0 bridgehead atoms. The summed E-state index contributed by atoms with van der Waals surface area (Å²) in [7, 11) is 1.73. The van der Waals surface area contributed by atoms with E-state index in [2.05, 4.69) is 5.32 Å². The Balaban J connectivity index is 3.53. The third kappa shape index (κ3) is 5.47. The van der Waals surface area contributed by atoms with Crippen LogP contribution in [0.1, 0.15) is 13.3 Å². The molecule has 0 aromatic rings. The van der Waals surface area contributed by atoms with Crippen molar-refractivity contribution in [2.24, 2.45) is 0 Å². The number of halogens is 1. The van der Waals surface area contributed by atoms with Gasteiger partial charge in [0.15, 0.2) is 0 Å². The third-order valence-corrected chi connectivity index (χ3v) is 1.93. The zero-order chi connectivity index (χ0) is 10.3. The Morgan fingerprint density at radius 2 is 2.08 bits per heavy atom. The van der Waals surface area contributed by atoms with Gasteiger partial charge in [-0.3, -0.25) is 9.59 Å². The van der Waals surface area contributed by atoms with E-state index in [9.17, 15) is 9.59 Å². The van der Waals surface area contributed by atoms with Crippen molar-refractivity contribution in [3.63, 3.8) is 0 Å². The number of amides is 2. The van der Waals surface area contributed by atoms with E-state index >= 15 is 0 Å². The van der Waals surface area contributed by atoms with Crippen LogP contribution >= 0.6 is 11.6 Å². The summed E-state index contributed by atoms with van der Waals surface area (Å²) in [5, 5.41) is 2.52. The van der Waals surface area contributed by atoms with Crippen molar-refractivity contribution in [1.82, 2.24) is 10.2 Å². The van der Waals surface area contributed by atoms with Gasteiger partial charge in [-0.25, -0.2) is 0 Å². The van der Waals surface area contributed by atoms with Gasteiger partial charge < -0.3 is 10.2 Å². The topological polar surface area (TPSA) is 49.4 Å². The Morgan fingerprint density at radius 1 is 1.46 bits per heavy atom. The first-order chi connectivity index (χ1) is 6.11. The van der Waals surface area contributed by atoms with Crippen molar-refractivity contribution >= 4 is 23.4 Å². The van der Waals surface area contributed by atoms with Gasteiger partial charge in [0, 0.05) is 26.6 Å². The predicted octanol–water partition coefficient (Wildman–Crippen LogP) is 0.210. The van der Waals surface area contributed by atoms with Crippen LogP contribution in [0.2, 0.25) is 0 Å². The molecule has 5 heteroatoms. The van der Waals surface area contributed by atoms with Crippen molar-refractivity contribution in [2.45, 2.75) is 13.3 Å². The summed E-state index contributed by atoms with van der Waals surface area (Å²) in [5.41, 5.74) is 0. The molecule has 0 spiro atoms. The molecule has 0 aliphatic heterocycles. The van der Waals surface area contributed by atoms with Gasteiger partial charge in [0.05, 0.1) is 0 Å². The molecule has 0 aliphatic carbocycles. The third-order valence-electron chi connectivity index (χ3n) is 1.68. The highest BCUT2D eigenvalue weighted by Gasteiger charge is 2.06. The monoisotopic (exact) mass is 206 g/mol. The second kappa shape index (κ2) is 6.71. The van der Waals surface area contributed by atoms with Gasteiger partial charge in [0.25, 0.3) is 0 Å². The van der Waals surface area contributed by atoms with Crippen molar-refractivity contribution in [3.8, 4) is 0 Å². The maximum absolute atomic E-state index is 11.2. The Hall–Kier alpha value is -0.770. The van der Waals surface area contributed by atoms with E-state index in [1.807, 2.05) is 6.92 Å². The molecule has 13 heavy (non-hydrogen) atoms. The van der Waals surface area contributed by atoms with Crippen LogP contribution in [0.15, 0.2) is 0 Å². The largest absolute Gasteiger partial charge is 0.355 e. The number of alkyl halides is 1. The lowest BCUT2D eigenvalue weighted by Crippen LogP contribution is -2.32. The van der Waals surface area contributed by atoms with Crippen LogP contribution in [0.5, 0.6) is 0 Å². The molecule has 0 rings (SSSR count). The lowest BCUT2D eigenvalue weighted by Gasteiger charge is -2.14. The minimum absolute atomic E-state index is 0.0253. The van der Waals surface area contributed by atoms with Gasteiger partial charge in [0.1, 0.15) is 5.88 Å². The zero-order valence-electron chi connectivity index (χ0n) is 7.97. The molecular weight excluding hydrogens is 192 g/mol. The molecule has 0 atom stereocenters. The number of carbonyl (C=O) groups excluding carboxylic acids is 2. The van der Waals surface area contributed by atoms with Gasteiger partial charge in [-0.1, -0.05) is 0 Å². The summed E-state index contributed by atoms with van der Waals surface area (Å²) in [6, 6.07) is 0. The summed E-state index contributed by atoms with van der Waals surface area (Å²) in [6.45, 7) is 2.94. The second-order valence-corrected chi connectivity index (χ2v) is 2.91. The van der Waals surface area contributed by atoms with Crippen LogP contribution in [0.25, 0.3) is 0 Å². The van der Waals surface area contributed by atoms with Crippen LogP contribution < -0.4 is 5.32 Å². The first kappa shape index (κ1) is 12.2. The number of hydrogen-bond donors (Lipinski definition) is 1. The average Bonchev–Trinajstić information content (AvgIpc) is 2.15. The first-order valence-electron chi connectivity index (χ1n) is 4.18. The summed E-state index contributed by atoms with van der Waals surface area (Å²) in [6.07, 6.45) is 0.326. The van der Waals surface area contributed by atoms with Gasteiger partial charge >= 0.3 is 0 Å². The molecule has 0 aliphatic rings. The lowest BCUT2D eigenvalue weighted by molar-refractivity contribution is -0.129. The van der Waals surface area contributed by atoms with Crippen molar-refractivity contribution in [1.29, 1.82) is 0 Å². The Morgan fingerprint density at radius 3 is 2.54 bits per heavy atom. The highest BCUT2D eigenvalue weighted by atomic mass is 35.5. The summed E-state index contributed by atoms with van der Waals surface area (Å²) < 4.78 is 0. The van der Waals surface area contributed by atoms with E-state index in [1.165, 1.54) is 0 Å². The van der Waals surface area contributed by atoms with E-state index in [1.54, 1.807) is 11.9 Å². The Kier molecular flexibility index (Phi) is 6.32. The molecule has 0 saturated carbocycles. The van der Waals surface area contributed by atoms with Crippen molar-refractivity contribution < 1.29 is 9.59 Å². The average molecular weight is 207 g/mol. The molecule has 2 amide bonds. The standard InChI is InChI=1S/C8H15ClN2O2/c1-3-11(2)8(13)4-5-10-7(12)6-9/h3-6H2,1-2H3,(H,10,12). The van der Waals surface area contributed by atoms with Crippen LogP contribution in [-0.4, -0.2) is 42.7 Å².